The van der Waals surface area contributed by atoms with Crippen LogP contribution in [0.15, 0.2) is 22.6 Å². The predicted octanol–water partition coefficient (Wildman–Crippen LogP) is 1.15. The average Bonchev–Trinajstić information content (AvgIpc) is 3.19. The number of hydrogen-bond acceptors (Lipinski definition) is 7. The quantitative estimate of drug-likeness (QED) is 0.806. The number of aromatic nitrogens is 2. The summed E-state index contributed by atoms with van der Waals surface area (Å²) in [6.45, 7) is 1.71. The van der Waals surface area contributed by atoms with Gasteiger partial charge in [-0.3, -0.25) is 14.5 Å². The van der Waals surface area contributed by atoms with Crippen LogP contribution >= 0.6 is 0 Å². The highest BCUT2D eigenvalue weighted by molar-refractivity contribution is 5.90. The van der Waals surface area contributed by atoms with Crippen LogP contribution in [0.1, 0.15) is 17.6 Å². The van der Waals surface area contributed by atoms with Crippen LogP contribution in [0.3, 0.4) is 0 Å². The Bertz CT molecular complexity index is 837. The monoisotopic (exact) mass is 348 g/mol. The van der Waals surface area contributed by atoms with E-state index in [4.69, 9.17) is 9.15 Å². The van der Waals surface area contributed by atoms with Gasteiger partial charge < -0.3 is 14.5 Å². The second kappa shape index (κ2) is 6.67. The van der Waals surface area contributed by atoms with Gasteiger partial charge in [-0.15, -0.1) is 10.2 Å². The van der Waals surface area contributed by atoms with Gasteiger partial charge in [0, 0.05) is 6.92 Å². The number of ether oxygens (including phenoxy) is 1. The van der Waals surface area contributed by atoms with Crippen molar-refractivity contribution in [2.75, 3.05) is 18.0 Å². The number of carbonyl (C=O) groups is 3. The molecule has 130 valence electrons. The Hall–Kier alpha value is -3.30. The van der Waals surface area contributed by atoms with E-state index >= 15 is 0 Å². The summed E-state index contributed by atoms with van der Waals surface area (Å²) in [5, 5.41) is 9.57. The fourth-order valence-electron chi connectivity index (χ4n) is 2.33. The zero-order valence-corrected chi connectivity index (χ0v) is 13.1. The first-order valence-corrected chi connectivity index (χ1v) is 7.29. The number of hydrogen-bond donors (Lipinski definition) is 1. The Labute approximate surface area is 140 Å². The van der Waals surface area contributed by atoms with Crippen molar-refractivity contribution in [3.05, 3.63) is 29.9 Å². The Kier molecular flexibility index (Phi) is 4.42. The fraction of sp³-hybridized carbons (Fsp3) is 0.267. The molecule has 0 aliphatic carbocycles. The standard InChI is InChI=1S/C15H13FN4O5/c1-8(22)17-5-10-6-20(15(23)24-10)9-2-3-11(12(16)4-9)14-19-18-13(7-21)25-14/h2-4,7,10H,5-6H2,1H3,(H,17,22). The summed E-state index contributed by atoms with van der Waals surface area (Å²) >= 11 is 0. The summed E-state index contributed by atoms with van der Waals surface area (Å²) in [5.41, 5.74) is 0.290. The zero-order chi connectivity index (χ0) is 18.0. The Morgan fingerprint density at radius 1 is 1.48 bits per heavy atom. The van der Waals surface area contributed by atoms with E-state index in [1.165, 1.54) is 24.0 Å². The molecular formula is C15H13FN4O5. The molecule has 3 rings (SSSR count). The molecule has 1 unspecified atom stereocenters. The SMILES string of the molecule is CC(=O)NCC1CN(c2ccc(-c3nnc(C=O)o3)c(F)c2)C(=O)O1. The van der Waals surface area contributed by atoms with Gasteiger partial charge in [0.1, 0.15) is 11.9 Å². The smallest absolute Gasteiger partial charge is 0.414 e. The van der Waals surface area contributed by atoms with Crippen LogP contribution in [-0.2, 0) is 9.53 Å². The lowest BCUT2D eigenvalue weighted by atomic mass is 10.1. The number of anilines is 1. The summed E-state index contributed by atoms with van der Waals surface area (Å²) in [4.78, 5) is 34.7. The lowest BCUT2D eigenvalue weighted by Crippen LogP contribution is -2.33. The molecule has 2 amide bonds. The molecule has 2 aromatic rings. The highest BCUT2D eigenvalue weighted by atomic mass is 19.1. The minimum atomic E-state index is -0.697. The second-order valence-corrected chi connectivity index (χ2v) is 5.28. The van der Waals surface area contributed by atoms with Gasteiger partial charge in [-0.25, -0.2) is 9.18 Å². The van der Waals surface area contributed by atoms with Crippen LogP contribution < -0.4 is 10.2 Å². The number of rotatable bonds is 5. The molecule has 1 fully saturated rings. The third kappa shape index (κ3) is 3.47. The number of amides is 2. The molecule has 0 bridgehead atoms. The second-order valence-electron chi connectivity index (χ2n) is 5.28. The van der Waals surface area contributed by atoms with Crippen LogP contribution in [0.2, 0.25) is 0 Å². The molecule has 0 saturated carbocycles. The molecule has 9 nitrogen and oxygen atoms in total. The van der Waals surface area contributed by atoms with Gasteiger partial charge >= 0.3 is 6.09 Å². The lowest BCUT2D eigenvalue weighted by Gasteiger charge is -2.13. The predicted molar refractivity (Wildman–Crippen MR) is 81.4 cm³/mol. The van der Waals surface area contributed by atoms with Gasteiger partial charge in [-0.05, 0) is 18.2 Å². The Morgan fingerprint density at radius 2 is 2.28 bits per heavy atom. The number of nitrogens with one attached hydrogen (secondary N) is 1. The third-order valence-corrected chi connectivity index (χ3v) is 3.49. The molecule has 1 atom stereocenters. The summed E-state index contributed by atoms with van der Waals surface area (Å²) < 4.78 is 24.4. The van der Waals surface area contributed by atoms with E-state index in [1.54, 1.807) is 0 Å². The highest BCUT2D eigenvalue weighted by Gasteiger charge is 2.32. The molecule has 1 saturated heterocycles. The van der Waals surface area contributed by atoms with Gasteiger partial charge in [0.2, 0.25) is 12.2 Å². The van der Waals surface area contributed by atoms with Gasteiger partial charge in [0.25, 0.3) is 11.8 Å². The molecular weight excluding hydrogens is 335 g/mol. The van der Waals surface area contributed by atoms with Crippen molar-refractivity contribution in [1.29, 1.82) is 0 Å². The van der Waals surface area contributed by atoms with Crippen molar-refractivity contribution < 1.29 is 27.9 Å². The van der Waals surface area contributed by atoms with E-state index < -0.39 is 18.0 Å². The van der Waals surface area contributed by atoms with Crippen molar-refractivity contribution in [2.45, 2.75) is 13.0 Å². The van der Waals surface area contributed by atoms with Crippen LogP contribution in [0.25, 0.3) is 11.5 Å². The first-order chi connectivity index (χ1) is 12.0. The Morgan fingerprint density at radius 3 is 2.92 bits per heavy atom. The molecule has 25 heavy (non-hydrogen) atoms. The summed E-state index contributed by atoms with van der Waals surface area (Å²) in [6, 6.07) is 3.98. The van der Waals surface area contributed by atoms with Crippen LogP contribution in [0.5, 0.6) is 0 Å². The average molecular weight is 348 g/mol. The number of halogens is 1. The molecule has 2 heterocycles. The third-order valence-electron chi connectivity index (χ3n) is 3.49. The van der Waals surface area contributed by atoms with Crippen LogP contribution in [0, 0.1) is 5.82 Å². The van der Waals surface area contributed by atoms with Crippen molar-refractivity contribution in [1.82, 2.24) is 15.5 Å². The van der Waals surface area contributed by atoms with Crippen molar-refractivity contribution >= 4 is 24.0 Å². The topological polar surface area (TPSA) is 115 Å². The van der Waals surface area contributed by atoms with Gasteiger partial charge in [-0.2, -0.15) is 0 Å². The van der Waals surface area contributed by atoms with E-state index in [0.29, 0.717) is 6.29 Å². The maximum Gasteiger partial charge on any atom is 0.414 e. The fourth-order valence-corrected chi connectivity index (χ4v) is 2.33. The number of benzene rings is 1. The van der Waals surface area contributed by atoms with E-state index in [1.807, 2.05) is 0 Å². The van der Waals surface area contributed by atoms with Crippen LogP contribution in [0.4, 0.5) is 14.9 Å². The van der Waals surface area contributed by atoms with Crippen LogP contribution in [-0.4, -0.2) is 47.7 Å². The first kappa shape index (κ1) is 16.6. The molecule has 1 aromatic carbocycles. The number of aldehydes is 1. The first-order valence-electron chi connectivity index (χ1n) is 7.29. The van der Waals surface area contributed by atoms with Gasteiger partial charge in [0.05, 0.1) is 24.3 Å². The van der Waals surface area contributed by atoms with E-state index in [-0.39, 0.29) is 42.0 Å². The molecule has 1 aliphatic rings. The van der Waals surface area contributed by atoms with Crippen molar-refractivity contribution in [3.8, 4) is 11.5 Å². The summed E-state index contributed by atoms with van der Waals surface area (Å²) in [7, 11) is 0. The lowest BCUT2D eigenvalue weighted by molar-refractivity contribution is -0.119. The molecule has 1 aliphatic heterocycles. The number of nitrogens with zero attached hydrogens (tertiary/aromatic N) is 3. The summed E-state index contributed by atoms with van der Waals surface area (Å²) in [5.74, 6) is -1.34. The highest BCUT2D eigenvalue weighted by Crippen LogP contribution is 2.28. The van der Waals surface area contributed by atoms with Gasteiger partial charge in [-0.1, -0.05) is 0 Å². The zero-order valence-electron chi connectivity index (χ0n) is 13.1. The summed E-state index contributed by atoms with van der Waals surface area (Å²) in [6.07, 6.45) is -0.799. The minimum absolute atomic E-state index is 0.00621. The molecule has 0 spiro atoms. The molecule has 1 N–H and O–H groups in total. The minimum Gasteiger partial charge on any atom is -0.442 e. The Balaban J connectivity index is 1.77. The number of carbonyl (C=O) groups excluding carboxylic acids is 3. The van der Waals surface area contributed by atoms with Crippen molar-refractivity contribution in [3.63, 3.8) is 0 Å². The number of cyclic esters (lactones) is 1. The maximum absolute atomic E-state index is 14.3. The normalized spacial score (nSPS) is 16.6. The molecule has 0 radical (unpaired) electrons. The maximum atomic E-state index is 14.3. The molecule has 10 heteroatoms. The van der Waals surface area contributed by atoms with E-state index in [9.17, 15) is 18.8 Å². The molecule has 1 aromatic heterocycles. The van der Waals surface area contributed by atoms with Crippen molar-refractivity contribution in [2.24, 2.45) is 0 Å². The van der Waals surface area contributed by atoms with E-state index in [0.717, 1.165) is 6.07 Å². The van der Waals surface area contributed by atoms with E-state index in [2.05, 4.69) is 15.5 Å². The largest absolute Gasteiger partial charge is 0.442 e. The van der Waals surface area contributed by atoms with Gasteiger partial charge in [0.15, 0.2) is 0 Å².